The van der Waals surface area contributed by atoms with E-state index in [1.165, 1.54) is 80.3 Å². The van der Waals surface area contributed by atoms with Gasteiger partial charge in [0.2, 0.25) is 0 Å². The van der Waals surface area contributed by atoms with Crippen LogP contribution in [0.5, 0.6) is 0 Å². The van der Waals surface area contributed by atoms with Crippen molar-refractivity contribution in [1.29, 1.82) is 0 Å². The van der Waals surface area contributed by atoms with Crippen molar-refractivity contribution in [2.75, 3.05) is 4.90 Å². The van der Waals surface area contributed by atoms with Crippen LogP contribution in [0.2, 0.25) is 0 Å². The van der Waals surface area contributed by atoms with Crippen molar-refractivity contribution in [2.24, 2.45) is 5.92 Å². The molecular weight excluding hydrogens is 775 g/mol. The Morgan fingerprint density at radius 1 is 0.688 bits per heavy atom. The quantitative estimate of drug-likeness (QED) is 0.157. The summed E-state index contributed by atoms with van der Waals surface area (Å²) in [6, 6.07) is 40.2. The maximum absolute atomic E-state index is 3.67. The lowest BCUT2D eigenvalue weighted by atomic mass is 9.63. The van der Waals surface area contributed by atoms with Gasteiger partial charge in [0, 0.05) is 28.5 Å². The molecule has 3 nitrogen and oxygen atoms in total. The predicted molar refractivity (Wildman–Crippen MR) is 269 cm³/mol. The summed E-state index contributed by atoms with van der Waals surface area (Å²) in [5.41, 5.74) is 22.4. The zero-order valence-electron chi connectivity index (χ0n) is 37.3. The van der Waals surface area contributed by atoms with Crippen LogP contribution in [-0.2, 0) is 18.3 Å². The van der Waals surface area contributed by atoms with Gasteiger partial charge >= 0.3 is 0 Å². The van der Waals surface area contributed by atoms with E-state index in [1.807, 2.05) is 0 Å². The number of aromatic nitrogens is 1. The first-order chi connectivity index (χ1) is 31.6. The maximum atomic E-state index is 3.67. The van der Waals surface area contributed by atoms with Gasteiger partial charge in [-0.15, -0.1) is 0 Å². The van der Waals surface area contributed by atoms with Gasteiger partial charge in [-0.2, -0.15) is 0 Å². The fourth-order valence-corrected chi connectivity index (χ4v) is 12.6. The number of hydrogen-bond donors (Lipinski definition) is 1. The van der Waals surface area contributed by atoms with Gasteiger partial charge in [0.15, 0.2) is 0 Å². The van der Waals surface area contributed by atoms with Gasteiger partial charge < -0.3 is 14.8 Å². The SMILES string of the molecule is CC1C=CNC(C2=CCC(N(c3ccc(C4=Cc5c(c6c(n5-c5ccccc5)C=CCC6)CC4)cc3)c3ccc4c(c3)C(C3=CCCCC3)(c3ccccc3)C3=C4C=CCC3)C=C2)C1. The predicted octanol–water partition coefficient (Wildman–Crippen LogP) is 14.7. The minimum absolute atomic E-state index is 0.179. The average molecular weight is 834 g/mol. The van der Waals surface area contributed by atoms with Crippen LogP contribution in [-0.4, -0.2) is 16.7 Å². The Morgan fingerprint density at radius 3 is 2.28 bits per heavy atom. The molecule has 0 spiro atoms. The Hall–Kier alpha value is -6.32. The summed E-state index contributed by atoms with van der Waals surface area (Å²) >= 11 is 0. The van der Waals surface area contributed by atoms with Crippen molar-refractivity contribution < 1.29 is 0 Å². The minimum Gasteiger partial charge on any atom is -0.384 e. The van der Waals surface area contributed by atoms with Crippen molar-refractivity contribution >= 4 is 34.7 Å². The van der Waals surface area contributed by atoms with Gasteiger partial charge in [0.25, 0.3) is 0 Å². The van der Waals surface area contributed by atoms with Crippen LogP contribution in [0.25, 0.3) is 29.0 Å². The van der Waals surface area contributed by atoms with Gasteiger partial charge in [-0.05, 0) is 193 Å². The molecule has 1 aliphatic heterocycles. The second-order valence-electron chi connectivity index (χ2n) is 19.2. The van der Waals surface area contributed by atoms with Gasteiger partial charge in [0.1, 0.15) is 0 Å². The molecule has 0 bridgehead atoms. The van der Waals surface area contributed by atoms with Crippen LogP contribution < -0.4 is 10.2 Å². The molecular formula is C61H59N3. The number of nitrogens with one attached hydrogen (secondary N) is 1. The lowest BCUT2D eigenvalue weighted by Gasteiger charge is -2.40. The Morgan fingerprint density at radius 2 is 1.48 bits per heavy atom. The van der Waals surface area contributed by atoms with Crippen LogP contribution in [0, 0.1) is 5.92 Å². The molecule has 318 valence electrons. The summed E-state index contributed by atoms with van der Waals surface area (Å²) in [6.45, 7) is 2.33. The molecule has 4 atom stereocenters. The van der Waals surface area contributed by atoms with Crippen LogP contribution in [0.15, 0.2) is 175 Å². The normalized spacial score (nSPS) is 24.2. The molecule has 1 N–H and O–H groups in total. The number of para-hydroxylation sites is 1. The number of hydrogen-bond acceptors (Lipinski definition) is 2. The van der Waals surface area contributed by atoms with Gasteiger partial charge in [-0.1, -0.05) is 128 Å². The number of anilines is 2. The smallest absolute Gasteiger partial charge is 0.0637 e. The Bertz CT molecular complexity index is 2870. The van der Waals surface area contributed by atoms with Gasteiger partial charge in [0.05, 0.1) is 17.5 Å². The van der Waals surface area contributed by atoms with Crippen molar-refractivity contribution in [3.63, 3.8) is 0 Å². The van der Waals surface area contributed by atoms with E-state index in [4.69, 9.17) is 0 Å². The fraction of sp³-hybridized carbons (Fsp3) is 0.279. The molecule has 4 aromatic carbocycles. The third-order valence-corrected chi connectivity index (χ3v) is 15.5. The molecule has 2 heterocycles. The zero-order valence-corrected chi connectivity index (χ0v) is 37.3. The Balaban J connectivity index is 0.965. The molecule has 7 aliphatic rings. The summed E-state index contributed by atoms with van der Waals surface area (Å²) < 4.78 is 2.52. The van der Waals surface area contributed by atoms with Crippen molar-refractivity contribution in [3.05, 3.63) is 219 Å². The first-order valence-electron chi connectivity index (χ1n) is 24.3. The standard InChI is InChI=1S/C61H59N3/c1-42-37-38-62-58(39-42)44-27-32-50(33-28-44)63(49-30-25-43(26-31-49)45-29-35-55-54-22-12-14-24-59(54)64(60(55)40-45)48-19-9-4-10-20-48)51-34-36-53-52-21-11-13-23-56(52)61(57(53)41-51,46-15-5-2-6-16-46)47-17-7-3-8-18-47/h2,4-6,9-11,14-17,19-21,24-28,30-32,34,36-38,40-42,50,58,62H,3,7-8,12-13,18,22-23,29,33,35,39H2,1H3. The van der Waals surface area contributed by atoms with E-state index in [9.17, 15) is 0 Å². The summed E-state index contributed by atoms with van der Waals surface area (Å²) in [5, 5.41) is 3.67. The molecule has 0 radical (unpaired) electrons. The molecule has 4 unspecified atom stereocenters. The monoisotopic (exact) mass is 833 g/mol. The number of benzene rings is 4. The van der Waals surface area contributed by atoms with E-state index in [2.05, 4.69) is 192 Å². The van der Waals surface area contributed by atoms with E-state index >= 15 is 0 Å². The molecule has 6 aliphatic carbocycles. The van der Waals surface area contributed by atoms with E-state index in [0.717, 1.165) is 64.2 Å². The van der Waals surface area contributed by atoms with E-state index in [0.29, 0.717) is 12.0 Å². The fourth-order valence-electron chi connectivity index (χ4n) is 12.6. The Labute approximate surface area is 380 Å². The van der Waals surface area contributed by atoms with Crippen LogP contribution in [0.3, 0.4) is 0 Å². The Kier molecular flexibility index (Phi) is 10.0. The van der Waals surface area contributed by atoms with Crippen LogP contribution >= 0.6 is 0 Å². The highest BCUT2D eigenvalue weighted by Gasteiger charge is 2.49. The molecule has 0 amide bonds. The third-order valence-electron chi connectivity index (χ3n) is 15.5. The average Bonchev–Trinajstić information content (AvgIpc) is 3.85. The van der Waals surface area contributed by atoms with Gasteiger partial charge in [-0.3, -0.25) is 0 Å². The van der Waals surface area contributed by atoms with Gasteiger partial charge in [-0.25, -0.2) is 0 Å². The number of nitrogens with zero attached hydrogens (tertiary/aromatic N) is 2. The number of allylic oxidation sites excluding steroid dienone is 9. The molecule has 0 saturated heterocycles. The molecule has 12 rings (SSSR count). The summed E-state index contributed by atoms with van der Waals surface area (Å²) in [6.07, 6.45) is 40.1. The molecule has 0 saturated carbocycles. The lowest BCUT2D eigenvalue weighted by molar-refractivity contribution is 0.504. The summed E-state index contributed by atoms with van der Waals surface area (Å²) in [7, 11) is 0. The van der Waals surface area contributed by atoms with Crippen molar-refractivity contribution in [1.82, 2.24) is 9.88 Å². The van der Waals surface area contributed by atoms with E-state index < -0.39 is 0 Å². The second-order valence-corrected chi connectivity index (χ2v) is 19.2. The van der Waals surface area contributed by atoms with Crippen LogP contribution in [0.4, 0.5) is 11.4 Å². The minimum atomic E-state index is -0.242. The summed E-state index contributed by atoms with van der Waals surface area (Å²) in [4.78, 5) is 2.65. The number of fused-ring (bicyclic) bond motifs is 5. The van der Waals surface area contributed by atoms with E-state index in [-0.39, 0.29) is 11.5 Å². The highest BCUT2D eigenvalue weighted by molar-refractivity contribution is 5.92. The first kappa shape index (κ1) is 39.3. The zero-order chi connectivity index (χ0) is 42.6. The van der Waals surface area contributed by atoms with E-state index in [1.54, 1.807) is 22.3 Å². The molecule has 5 aromatic rings. The highest BCUT2D eigenvalue weighted by atomic mass is 15.2. The topological polar surface area (TPSA) is 20.2 Å². The van der Waals surface area contributed by atoms with Crippen LogP contribution in [0.1, 0.15) is 116 Å². The molecule has 1 aromatic heterocycles. The summed E-state index contributed by atoms with van der Waals surface area (Å²) in [5.74, 6) is 0.578. The largest absolute Gasteiger partial charge is 0.384 e. The van der Waals surface area contributed by atoms with Crippen molar-refractivity contribution in [2.45, 2.75) is 101 Å². The molecule has 3 heteroatoms. The lowest BCUT2D eigenvalue weighted by Crippen LogP contribution is -2.35. The number of rotatable bonds is 8. The molecule has 64 heavy (non-hydrogen) atoms. The second kappa shape index (κ2) is 16.3. The first-order valence-corrected chi connectivity index (χ1v) is 24.3. The highest BCUT2D eigenvalue weighted by Crippen LogP contribution is 2.59. The maximum Gasteiger partial charge on any atom is 0.0637 e. The van der Waals surface area contributed by atoms with Crippen molar-refractivity contribution in [3.8, 4) is 5.69 Å². The molecule has 0 fully saturated rings. The third kappa shape index (κ3) is 6.53.